The third kappa shape index (κ3) is 16.4. The normalized spacial score (nSPS) is 11.8. The van der Waals surface area contributed by atoms with E-state index in [1.807, 2.05) is 6.92 Å². The zero-order valence-electron chi connectivity index (χ0n) is 21.8. The van der Waals surface area contributed by atoms with Gasteiger partial charge in [0.1, 0.15) is 0 Å². The third-order valence-electron chi connectivity index (χ3n) is 6.92. The van der Waals surface area contributed by atoms with Gasteiger partial charge in [0, 0.05) is 0 Å². The fourth-order valence-electron chi connectivity index (χ4n) is 4.65. The van der Waals surface area contributed by atoms with E-state index in [2.05, 4.69) is 6.92 Å². The van der Waals surface area contributed by atoms with Gasteiger partial charge in [-0.15, -0.1) is 0 Å². The van der Waals surface area contributed by atoms with Crippen LogP contribution in [0.3, 0.4) is 0 Å². The van der Waals surface area contributed by atoms with Gasteiger partial charge in [-0.1, -0.05) is 135 Å². The van der Waals surface area contributed by atoms with E-state index in [1.165, 1.54) is 128 Å². The van der Waals surface area contributed by atoms with Crippen molar-refractivity contribution in [1.29, 1.82) is 0 Å². The minimum absolute atomic E-state index is 0.0104. The first kappa shape index (κ1) is 30.2. The number of aryl methyl sites for hydroxylation is 2. The summed E-state index contributed by atoms with van der Waals surface area (Å²) in [6, 6.07) is 4.89. The second kappa shape index (κ2) is 19.4. The van der Waals surface area contributed by atoms with E-state index in [4.69, 9.17) is 0 Å². The summed E-state index contributed by atoms with van der Waals surface area (Å²) in [5, 5.41) is 0. The molecule has 0 amide bonds. The van der Waals surface area contributed by atoms with Gasteiger partial charge in [0.25, 0.3) is 10.1 Å². The lowest BCUT2D eigenvalue weighted by Gasteiger charge is -2.08. The summed E-state index contributed by atoms with van der Waals surface area (Å²) >= 11 is 0. The Labute approximate surface area is 205 Å². The lowest BCUT2D eigenvalue weighted by atomic mass is 10.0. The van der Waals surface area contributed by atoms with Crippen LogP contribution >= 0.6 is 0 Å². The zero-order chi connectivity index (χ0) is 24.2. The molecule has 0 aliphatic carbocycles. The standard InChI is InChI=1S/C29H52O3S/c1-3-4-5-6-7-8-9-10-11-12-13-14-15-16-17-18-19-20-21-22-23-28-26-29(33(30,31)32)25-24-27(28)2/h24-26H,3-23H2,1-2H3,(H,30,31,32). The molecule has 0 saturated heterocycles. The predicted octanol–water partition coefficient (Wildman–Crippen LogP) is 9.61. The fourth-order valence-corrected chi connectivity index (χ4v) is 5.18. The molecule has 0 aliphatic heterocycles. The van der Waals surface area contributed by atoms with Crippen molar-refractivity contribution in [2.24, 2.45) is 0 Å². The van der Waals surface area contributed by atoms with Crippen molar-refractivity contribution in [2.45, 2.75) is 154 Å². The van der Waals surface area contributed by atoms with Crippen molar-refractivity contribution in [3.63, 3.8) is 0 Å². The van der Waals surface area contributed by atoms with Crippen LogP contribution < -0.4 is 0 Å². The lowest BCUT2D eigenvalue weighted by Crippen LogP contribution is -2.00. The largest absolute Gasteiger partial charge is 0.294 e. The fraction of sp³-hybridized carbons (Fsp3) is 0.793. The van der Waals surface area contributed by atoms with E-state index in [0.717, 1.165) is 24.0 Å². The van der Waals surface area contributed by atoms with Gasteiger partial charge in [0.05, 0.1) is 4.90 Å². The molecule has 1 N–H and O–H groups in total. The first-order valence-corrected chi connectivity index (χ1v) is 15.5. The second-order valence-corrected chi connectivity index (χ2v) is 11.5. The maximum absolute atomic E-state index is 11.3. The second-order valence-electron chi connectivity index (χ2n) is 10.0. The van der Waals surface area contributed by atoms with Gasteiger partial charge in [0.15, 0.2) is 0 Å². The molecule has 0 heterocycles. The minimum Gasteiger partial charge on any atom is -0.282 e. The van der Waals surface area contributed by atoms with Crippen LogP contribution in [-0.4, -0.2) is 13.0 Å². The molecule has 0 aliphatic rings. The van der Waals surface area contributed by atoms with Gasteiger partial charge in [-0.25, -0.2) is 0 Å². The van der Waals surface area contributed by atoms with E-state index in [-0.39, 0.29) is 4.90 Å². The molecule has 3 nitrogen and oxygen atoms in total. The summed E-state index contributed by atoms with van der Waals surface area (Å²) in [6.07, 6.45) is 28.4. The molecular formula is C29H52O3S. The van der Waals surface area contributed by atoms with Gasteiger partial charge in [0.2, 0.25) is 0 Å². The lowest BCUT2D eigenvalue weighted by molar-refractivity contribution is 0.483. The molecule has 1 rings (SSSR count). The Morgan fingerprint density at radius 1 is 0.606 bits per heavy atom. The van der Waals surface area contributed by atoms with Gasteiger partial charge >= 0.3 is 0 Å². The summed E-state index contributed by atoms with van der Waals surface area (Å²) < 4.78 is 31.8. The molecule has 192 valence electrons. The molecule has 0 saturated carbocycles. The van der Waals surface area contributed by atoms with Crippen LogP contribution in [-0.2, 0) is 16.5 Å². The smallest absolute Gasteiger partial charge is 0.282 e. The number of benzene rings is 1. The first-order valence-electron chi connectivity index (χ1n) is 14.0. The van der Waals surface area contributed by atoms with Crippen LogP contribution in [0.2, 0.25) is 0 Å². The number of rotatable bonds is 22. The highest BCUT2D eigenvalue weighted by Crippen LogP contribution is 2.19. The monoisotopic (exact) mass is 480 g/mol. The van der Waals surface area contributed by atoms with Gasteiger partial charge in [-0.05, 0) is 43.0 Å². The van der Waals surface area contributed by atoms with Crippen LogP contribution in [0.25, 0.3) is 0 Å². The van der Waals surface area contributed by atoms with Crippen molar-refractivity contribution < 1.29 is 13.0 Å². The summed E-state index contributed by atoms with van der Waals surface area (Å²) in [5.41, 5.74) is 2.13. The van der Waals surface area contributed by atoms with Gasteiger partial charge in [-0.3, -0.25) is 4.55 Å². The molecular weight excluding hydrogens is 428 g/mol. The van der Waals surface area contributed by atoms with Crippen LogP contribution in [0.5, 0.6) is 0 Å². The summed E-state index contributed by atoms with van der Waals surface area (Å²) in [4.78, 5) is 0.0104. The summed E-state index contributed by atoms with van der Waals surface area (Å²) in [5.74, 6) is 0. The topological polar surface area (TPSA) is 54.4 Å². The van der Waals surface area contributed by atoms with E-state index in [0.29, 0.717) is 0 Å². The maximum Gasteiger partial charge on any atom is 0.294 e. The number of hydrogen-bond acceptors (Lipinski definition) is 2. The Hall–Kier alpha value is -0.870. The minimum atomic E-state index is -4.11. The molecule has 1 aromatic carbocycles. The number of unbranched alkanes of at least 4 members (excludes halogenated alkanes) is 19. The summed E-state index contributed by atoms with van der Waals surface area (Å²) in [7, 11) is -4.11. The molecule has 0 fully saturated rings. The van der Waals surface area contributed by atoms with E-state index < -0.39 is 10.1 Å². The average molecular weight is 481 g/mol. The van der Waals surface area contributed by atoms with Crippen molar-refractivity contribution >= 4 is 10.1 Å². The Kier molecular flexibility index (Phi) is 17.8. The molecule has 1 aromatic rings. The quantitative estimate of drug-likeness (QED) is 0.133. The third-order valence-corrected chi connectivity index (χ3v) is 7.77. The highest BCUT2D eigenvalue weighted by Gasteiger charge is 2.11. The predicted molar refractivity (Wildman–Crippen MR) is 143 cm³/mol. The Bertz CT molecular complexity index is 697. The Morgan fingerprint density at radius 3 is 1.33 bits per heavy atom. The highest BCUT2D eigenvalue weighted by molar-refractivity contribution is 7.85. The molecule has 0 unspecified atom stereocenters. The number of hydrogen-bond donors (Lipinski definition) is 1. The molecule has 0 radical (unpaired) electrons. The van der Waals surface area contributed by atoms with Gasteiger partial charge in [-0.2, -0.15) is 8.42 Å². The van der Waals surface area contributed by atoms with E-state index in [9.17, 15) is 13.0 Å². The van der Waals surface area contributed by atoms with Gasteiger partial charge < -0.3 is 0 Å². The van der Waals surface area contributed by atoms with Crippen LogP contribution in [0.4, 0.5) is 0 Å². The Morgan fingerprint density at radius 2 is 0.970 bits per heavy atom. The molecule has 0 spiro atoms. The van der Waals surface area contributed by atoms with Crippen molar-refractivity contribution in [2.75, 3.05) is 0 Å². The van der Waals surface area contributed by atoms with Crippen LogP contribution in [0.15, 0.2) is 23.1 Å². The van der Waals surface area contributed by atoms with E-state index in [1.54, 1.807) is 12.1 Å². The molecule has 0 aromatic heterocycles. The average Bonchev–Trinajstić information content (AvgIpc) is 2.78. The van der Waals surface area contributed by atoms with Crippen molar-refractivity contribution in [3.8, 4) is 0 Å². The van der Waals surface area contributed by atoms with E-state index >= 15 is 0 Å². The van der Waals surface area contributed by atoms with Crippen LogP contribution in [0, 0.1) is 6.92 Å². The van der Waals surface area contributed by atoms with Crippen molar-refractivity contribution in [3.05, 3.63) is 29.3 Å². The first-order chi connectivity index (χ1) is 15.9. The SMILES string of the molecule is CCCCCCCCCCCCCCCCCCCCCCc1cc(S(=O)(=O)O)ccc1C. The maximum atomic E-state index is 11.3. The van der Waals surface area contributed by atoms with Crippen molar-refractivity contribution in [1.82, 2.24) is 0 Å². The summed E-state index contributed by atoms with van der Waals surface area (Å²) in [6.45, 7) is 4.28. The van der Waals surface area contributed by atoms with Crippen LogP contribution in [0.1, 0.15) is 146 Å². The molecule has 0 atom stereocenters. The molecule has 0 bridgehead atoms. The molecule has 4 heteroatoms. The Balaban J connectivity index is 1.86. The highest BCUT2D eigenvalue weighted by atomic mass is 32.2. The molecule has 33 heavy (non-hydrogen) atoms. The zero-order valence-corrected chi connectivity index (χ0v) is 22.6.